The molecule has 3 N–H and O–H groups in total. The van der Waals surface area contributed by atoms with Crippen LogP contribution in [0.15, 0.2) is 24.3 Å². The average molecular weight is 249 g/mol. The molecule has 1 amide bonds. The number of carbonyl (C=O) groups excluding carboxylic acids is 1. The topological polar surface area (TPSA) is 63.3 Å². The summed E-state index contributed by atoms with van der Waals surface area (Å²) in [6.45, 7) is 6.47. The molecule has 1 atom stereocenters. The summed E-state index contributed by atoms with van der Waals surface area (Å²) in [7, 11) is 0. The molecule has 1 rings (SSSR count). The number of rotatable bonds is 5. The maximum absolute atomic E-state index is 10.6. The maximum Gasteiger partial charge on any atom is 0.217 e. The summed E-state index contributed by atoms with van der Waals surface area (Å²) in [6.07, 6.45) is 1.00. The minimum atomic E-state index is -0.515. The summed E-state index contributed by atoms with van der Waals surface area (Å²) in [5, 5.41) is 9.97. The maximum atomic E-state index is 10.6. The van der Waals surface area contributed by atoms with Crippen LogP contribution in [0.1, 0.15) is 57.3 Å². The lowest BCUT2D eigenvalue weighted by atomic mass is 9.86. The monoisotopic (exact) mass is 249 g/mol. The first kappa shape index (κ1) is 14.7. The number of benzene rings is 1. The predicted octanol–water partition coefficient (Wildman–Crippen LogP) is 2.67. The highest BCUT2D eigenvalue weighted by Crippen LogP contribution is 2.25. The first-order chi connectivity index (χ1) is 8.30. The van der Waals surface area contributed by atoms with E-state index in [1.165, 1.54) is 5.56 Å². The van der Waals surface area contributed by atoms with Gasteiger partial charge < -0.3 is 10.8 Å². The molecule has 0 aliphatic rings. The number of primary amides is 1. The number of aliphatic hydroxyl groups is 1. The molecular weight excluding hydrogens is 226 g/mol. The Bertz CT molecular complexity index is 390. The third kappa shape index (κ3) is 4.49. The minimum Gasteiger partial charge on any atom is -0.388 e. The Labute approximate surface area is 109 Å². The van der Waals surface area contributed by atoms with Crippen molar-refractivity contribution >= 4 is 5.91 Å². The predicted molar refractivity (Wildman–Crippen MR) is 73.1 cm³/mol. The van der Waals surface area contributed by atoms with Crippen molar-refractivity contribution in [3.05, 3.63) is 35.4 Å². The second kappa shape index (κ2) is 6.01. The Morgan fingerprint density at radius 3 is 2.28 bits per heavy atom. The van der Waals surface area contributed by atoms with Crippen molar-refractivity contribution in [2.45, 2.75) is 51.6 Å². The molecular formula is C15H23NO2. The number of nitrogens with two attached hydrogens (primary N) is 1. The largest absolute Gasteiger partial charge is 0.388 e. The van der Waals surface area contributed by atoms with Crippen molar-refractivity contribution in [1.29, 1.82) is 0 Å². The summed E-state index contributed by atoms with van der Waals surface area (Å²) in [4.78, 5) is 10.6. The molecule has 0 saturated carbocycles. The number of hydrogen-bond acceptors (Lipinski definition) is 2. The van der Waals surface area contributed by atoms with Crippen LogP contribution < -0.4 is 5.73 Å². The third-order valence-electron chi connectivity index (χ3n) is 3.06. The first-order valence-corrected chi connectivity index (χ1v) is 6.37. The second-order valence-electron chi connectivity index (χ2n) is 5.75. The Hall–Kier alpha value is -1.35. The molecule has 0 fully saturated rings. The number of hydrogen-bond donors (Lipinski definition) is 2. The molecule has 0 saturated heterocycles. The van der Waals surface area contributed by atoms with E-state index in [0.29, 0.717) is 19.3 Å². The molecule has 1 aromatic rings. The molecule has 0 aliphatic heterocycles. The van der Waals surface area contributed by atoms with Gasteiger partial charge in [0.1, 0.15) is 0 Å². The van der Waals surface area contributed by atoms with Crippen LogP contribution in [-0.2, 0) is 10.2 Å². The molecule has 0 aliphatic carbocycles. The summed E-state index contributed by atoms with van der Waals surface area (Å²) in [5.74, 6) is -0.315. The fourth-order valence-electron chi connectivity index (χ4n) is 1.84. The van der Waals surface area contributed by atoms with Crippen molar-refractivity contribution < 1.29 is 9.90 Å². The van der Waals surface area contributed by atoms with Gasteiger partial charge in [-0.1, -0.05) is 45.0 Å². The normalized spacial score (nSPS) is 13.3. The van der Waals surface area contributed by atoms with Crippen LogP contribution >= 0.6 is 0 Å². The highest BCUT2D eigenvalue weighted by atomic mass is 16.3. The van der Waals surface area contributed by atoms with Gasteiger partial charge in [-0.25, -0.2) is 0 Å². The Balaban J connectivity index is 2.59. The van der Waals surface area contributed by atoms with E-state index in [1.807, 2.05) is 24.3 Å². The summed E-state index contributed by atoms with van der Waals surface area (Å²) >= 11 is 0. The third-order valence-corrected chi connectivity index (χ3v) is 3.06. The zero-order valence-electron chi connectivity index (χ0n) is 11.4. The SMILES string of the molecule is CC(C)(C)c1ccc(C(O)CCCC(N)=O)cc1. The van der Waals surface area contributed by atoms with Gasteiger partial charge in [0.25, 0.3) is 0 Å². The molecule has 0 bridgehead atoms. The first-order valence-electron chi connectivity index (χ1n) is 6.37. The van der Waals surface area contributed by atoms with Crippen molar-refractivity contribution in [2.75, 3.05) is 0 Å². The molecule has 0 radical (unpaired) electrons. The van der Waals surface area contributed by atoms with Crippen LogP contribution in [0.5, 0.6) is 0 Å². The van der Waals surface area contributed by atoms with E-state index in [1.54, 1.807) is 0 Å². The smallest absolute Gasteiger partial charge is 0.217 e. The van der Waals surface area contributed by atoms with Gasteiger partial charge in [0.15, 0.2) is 0 Å². The average Bonchev–Trinajstić information content (AvgIpc) is 2.27. The van der Waals surface area contributed by atoms with Gasteiger partial charge in [-0.05, 0) is 29.4 Å². The van der Waals surface area contributed by atoms with Crippen LogP contribution in [-0.4, -0.2) is 11.0 Å². The van der Waals surface area contributed by atoms with E-state index in [4.69, 9.17) is 5.73 Å². The minimum absolute atomic E-state index is 0.120. The van der Waals surface area contributed by atoms with E-state index in [-0.39, 0.29) is 11.3 Å². The molecule has 3 heteroatoms. The van der Waals surface area contributed by atoms with Crippen LogP contribution in [0, 0.1) is 0 Å². The van der Waals surface area contributed by atoms with E-state index in [0.717, 1.165) is 5.56 Å². The van der Waals surface area contributed by atoms with E-state index >= 15 is 0 Å². The number of aliphatic hydroxyl groups excluding tert-OH is 1. The van der Waals surface area contributed by atoms with Crippen LogP contribution in [0.3, 0.4) is 0 Å². The zero-order chi connectivity index (χ0) is 13.8. The summed E-state index contributed by atoms with van der Waals surface area (Å²) in [6, 6.07) is 8.00. The van der Waals surface area contributed by atoms with E-state index in [9.17, 15) is 9.90 Å². The lowest BCUT2D eigenvalue weighted by Gasteiger charge is -2.20. The van der Waals surface area contributed by atoms with Gasteiger partial charge in [-0.3, -0.25) is 4.79 Å². The standard InChI is InChI=1S/C15H23NO2/c1-15(2,3)12-9-7-11(8-10-12)13(17)5-4-6-14(16)18/h7-10,13,17H,4-6H2,1-3H3,(H2,16,18). The van der Waals surface area contributed by atoms with Gasteiger partial charge in [-0.2, -0.15) is 0 Å². The van der Waals surface area contributed by atoms with Crippen molar-refractivity contribution in [3.8, 4) is 0 Å². The molecule has 0 aromatic heterocycles. The quantitative estimate of drug-likeness (QED) is 0.842. The zero-order valence-corrected chi connectivity index (χ0v) is 11.4. The summed E-state index contributed by atoms with van der Waals surface area (Å²) < 4.78 is 0. The number of carbonyl (C=O) groups is 1. The lowest BCUT2D eigenvalue weighted by molar-refractivity contribution is -0.118. The van der Waals surface area contributed by atoms with Gasteiger partial charge >= 0.3 is 0 Å². The van der Waals surface area contributed by atoms with Gasteiger partial charge in [0.2, 0.25) is 5.91 Å². The summed E-state index contributed by atoms with van der Waals surface area (Å²) in [5.41, 5.74) is 7.33. The molecule has 1 unspecified atom stereocenters. The van der Waals surface area contributed by atoms with E-state index in [2.05, 4.69) is 20.8 Å². The molecule has 3 nitrogen and oxygen atoms in total. The van der Waals surface area contributed by atoms with Gasteiger partial charge in [-0.15, -0.1) is 0 Å². The van der Waals surface area contributed by atoms with Crippen LogP contribution in [0.4, 0.5) is 0 Å². The van der Waals surface area contributed by atoms with Crippen LogP contribution in [0.2, 0.25) is 0 Å². The molecule has 100 valence electrons. The molecule has 0 heterocycles. The molecule has 1 aromatic carbocycles. The van der Waals surface area contributed by atoms with Crippen LogP contribution in [0.25, 0.3) is 0 Å². The second-order valence-corrected chi connectivity index (χ2v) is 5.75. The fraction of sp³-hybridized carbons (Fsp3) is 0.533. The Morgan fingerprint density at radius 2 is 1.83 bits per heavy atom. The van der Waals surface area contributed by atoms with Crippen molar-refractivity contribution in [1.82, 2.24) is 0 Å². The Kier molecular flexibility index (Phi) is 4.91. The van der Waals surface area contributed by atoms with Gasteiger partial charge in [0, 0.05) is 6.42 Å². The highest BCUT2D eigenvalue weighted by Gasteiger charge is 2.14. The highest BCUT2D eigenvalue weighted by molar-refractivity contribution is 5.73. The van der Waals surface area contributed by atoms with Gasteiger partial charge in [0.05, 0.1) is 6.10 Å². The fourth-order valence-corrected chi connectivity index (χ4v) is 1.84. The van der Waals surface area contributed by atoms with Crippen molar-refractivity contribution in [2.24, 2.45) is 5.73 Å². The van der Waals surface area contributed by atoms with E-state index < -0.39 is 6.10 Å². The molecule has 18 heavy (non-hydrogen) atoms. The number of amides is 1. The molecule has 0 spiro atoms. The van der Waals surface area contributed by atoms with Crippen molar-refractivity contribution in [3.63, 3.8) is 0 Å². The Morgan fingerprint density at radius 1 is 1.28 bits per heavy atom. The lowest BCUT2D eigenvalue weighted by Crippen LogP contribution is -2.12.